The molecule has 2 atom stereocenters. The van der Waals surface area contributed by atoms with Gasteiger partial charge >= 0.3 is 12.1 Å². The monoisotopic (exact) mass is 438 g/mol. The van der Waals surface area contributed by atoms with Gasteiger partial charge in [0.05, 0.1) is 0 Å². The summed E-state index contributed by atoms with van der Waals surface area (Å²) in [7, 11) is 0. The largest absolute Gasteiger partial charge is 0.480 e. The molecule has 7 nitrogen and oxygen atoms in total. The molecule has 1 aliphatic carbocycles. The van der Waals surface area contributed by atoms with Crippen molar-refractivity contribution in [3.8, 4) is 11.1 Å². The molecule has 32 heavy (non-hydrogen) atoms. The quantitative estimate of drug-likeness (QED) is 0.582. The summed E-state index contributed by atoms with van der Waals surface area (Å²) in [6.45, 7) is 7.11. The molecule has 0 bridgehead atoms. The van der Waals surface area contributed by atoms with Gasteiger partial charge in [0, 0.05) is 5.92 Å². The van der Waals surface area contributed by atoms with E-state index < -0.39 is 30.1 Å². The highest BCUT2D eigenvalue weighted by atomic mass is 16.5. The Labute approximate surface area is 188 Å². The SMILES string of the molecule is CC(C)C(NC(=O)[C@@H](NC(=O)OCC1c2ccccc2-c2ccccc21)C(C)C)C(=O)O. The molecule has 2 amide bonds. The molecule has 170 valence electrons. The van der Waals surface area contributed by atoms with Gasteiger partial charge in [-0.1, -0.05) is 76.2 Å². The minimum atomic E-state index is -1.11. The third-order valence-corrected chi connectivity index (χ3v) is 5.80. The first-order chi connectivity index (χ1) is 15.2. The van der Waals surface area contributed by atoms with Crippen LogP contribution < -0.4 is 10.6 Å². The Bertz CT molecular complexity index is 956. The maximum Gasteiger partial charge on any atom is 0.407 e. The molecule has 1 aliphatic rings. The summed E-state index contributed by atoms with van der Waals surface area (Å²) in [5, 5.41) is 14.5. The van der Waals surface area contributed by atoms with Crippen molar-refractivity contribution >= 4 is 18.0 Å². The van der Waals surface area contributed by atoms with Crippen molar-refractivity contribution in [3.05, 3.63) is 59.7 Å². The van der Waals surface area contributed by atoms with E-state index in [2.05, 4.69) is 22.8 Å². The van der Waals surface area contributed by atoms with E-state index >= 15 is 0 Å². The summed E-state index contributed by atoms with van der Waals surface area (Å²) in [5.74, 6) is -2.29. The van der Waals surface area contributed by atoms with Crippen molar-refractivity contribution in [1.82, 2.24) is 10.6 Å². The number of carboxylic acid groups (broad SMARTS) is 1. The number of hydrogen-bond donors (Lipinski definition) is 3. The van der Waals surface area contributed by atoms with E-state index in [0.29, 0.717) is 0 Å². The Morgan fingerprint density at radius 2 is 1.34 bits per heavy atom. The van der Waals surface area contributed by atoms with E-state index in [0.717, 1.165) is 22.3 Å². The molecule has 0 saturated carbocycles. The van der Waals surface area contributed by atoms with Gasteiger partial charge in [-0.15, -0.1) is 0 Å². The lowest BCUT2D eigenvalue weighted by atomic mass is 9.98. The van der Waals surface area contributed by atoms with Crippen LogP contribution in [0.15, 0.2) is 48.5 Å². The molecule has 0 spiro atoms. The molecule has 2 aromatic rings. The predicted octanol–water partition coefficient (Wildman–Crippen LogP) is 3.78. The van der Waals surface area contributed by atoms with Crippen LogP contribution >= 0.6 is 0 Å². The number of carbonyl (C=O) groups is 3. The van der Waals surface area contributed by atoms with Crippen LogP contribution in [0.5, 0.6) is 0 Å². The molecule has 0 radical (unpaired) electrons. The van der Waals surface area contributed by atoms with Crippen LogP contribution in [0, 0.1) is 11.8 Å². The van der Waals surface area contributed by atoms with Crippen molar-refractivity contribution in [3.63, 3.8) is 0 Å². The van der Waals surface area contributed by atoms with Crippen LogP contribution in [0.25, 0.3) is 11.1 Å². The molecular weight excluding hydrogens is 408 g/mol. The zero-order chi connectivity index (χ0) is 23.4. The second kappa shape index (κ2) is 9.85. The summed E-state index contributed by atoms with van der Waals surface area (Å²) in [6, 6.07) is 14.1. The van der Waals surface area contributed by atoms with Gasteiger partial charge in [0.1, 0.15) is 18.7 Å². The van der Waals surface area contributed by atoms with Crippen molar-refractivity contribution in [2.75, 3.05) is 6.61 Å². The van der Waals surface area contributed by atoms with E-state index in [1.807, 2.05) is 36.4 Å². The topological polar surface area (TPSA) is 105 Å². The predicted molar refractivity (Wildman–Crippen MR) is 121 cm³/mol. The number of amides is 2. The van der Waals surface area contributed by atoms with Gasteiger partial charge in [0.15, 0.2) is 0 Å². The Morgan fingerprint density at radius 3 is 1.81 bits per heavy atom. The van der Waals surface area contributed by atoms with E-state index in [1.54, 1.807) is 27.7 Å². The number of aliphatic carboxylic acids is 1. The fourth-order valence-electron chi connectivity index (χ4n) is 4.06. The highest BCUT2D eigenvalue weighted by molar-refractivity contribution is 5.89. The van der Waals surface area contributed by atoms with Gasteiger partial charge in [-0.05, 0) is 34.1 Å². The van der Waals surface area contributed by atoms with E-state index in [9.17, 15) is 19.5 Å². The summed E-state index contributed by atoms with van der Waals surface area (Å²) in [6.07, 6.45) is -0.711. The molecule has 0 heterocycles. The van der Waals surface area contributed by atoms with E-state index in [-0.39, 0.29) is 24.4 Å². The van der Waals surface area contributed by atoms with Crippen molar-refractivity contribution in [1.29, 1.82) is 0 Å². The average Bonchev–Trinajstić information content (AvgIpc) is 3.07. The van der Waals surface area contributed by atoms with Crippen molar-refractivity contribution in [2.45, 2.75) is 45.7 Å². The van der Waals surface area contributed by atoms with Crippen molar-refractivity contribution in [2.24, 2.45) is 11.8 Å². The summed E-state index contributed by atoms with van der Waals surface area (Å²) in [5.41, 5.74) is 4.46. The standard InChI is InChI=1S/C25H30N2O5/c1-14(2)21(23(28)26-22(15(3)4)24(29)30)27-25(31)32-13-20-18-11-7-5-9-16(18)17-10-6-8-12-19(17)20/h5-12,14-15,20-22H,13H2,1-4H3,(H,26,28)(H,27,31)(H,29,30)/t21-,22?/m0/s1. The van der Waals surface area contributed by atoms with Gasteiger partial charge in [-0.25, -0.2) is 9.59 Å². The van der Waals surface area contributed by atoms with E-state index in [4.69, 9.17) is 4.74 Å². The smallest absolute Gasteiger partial charge is 0.407 e. The number of benzene rings is 2. The van der Waals surface area contributed by atoms with Crippen LogP contribution in [0.3, 0.4) is 0 Å². The van der Waals surface area contributed by atoms with E-state index in [1.165, 1.54) is 0 Å². The number of carbonyl (C=O) groups excluding carboxylic acids is 2. The van der Waals surface area contributed by atoms with Crippen LogP contribution in [0.2, 0.25) is 0 Å². The average molecular weight is 439 g/mol. The highest BCUT2D eigenvalue weighted by Gasteiger charge is 2.32. The summed E-state index contributed by atoms with van der Waals surface area (Å²) >= 11 is 0. The molecule has 0 fully saturated rings. The lowest BCUT2D eigenvalue weighted by Crippen LogP contribution is -2.55. The molecule has 0 aliphatic heterocycles. The third-order valence-electron chi connectivity index (χ3n) is 5.80. The molecule has 3 rings (SSSR count). The molecule has 0 saturated heterocycles. The van der Waals surface area contributed by atoms with Crippen molar-refractivity contribution < 1.29 is 24.2 Å². The lowest BCUT2D eigenvalue weighted by Gasteiger charge is -2.25. The Balaban J connectivity index is 1.67. The molecule has 1 unspecified atom stereocenters. The Morgan fingerprint density at radius 1 is 0.844 bits per heavy atom. The maximum absolute atomic E-state index is 12.7. The molecule has 7 heteroatoms. The minimum Gasteiger partial charge on any atom is -0.480 e. The van der Waals surface area contributed by atoms with Gasteiger partial charge in [-0.3, -0.25) is 4.79 Å². The van der Waals surface area contributed by atoms with Crippen LogP contribution in [-0.2, 0) is 14.3 Å². The number of hydrogen-bond acceptors (Lipinski definition) is 4. The fourth-order valence-corrected chi connectivity index (χ4v) is 4.06. The lowest BCUT2D eigenvalue weighted by molar-refractivity contribution is -0.143. The minimum absolute atomic E-state index is 0.0863. The number of fused-ring (bicyclic) bond motifs is 3. The van der Waals surface area contributed by atoms with Gasteiger partial charge < -0.3 is 20.5 Å². The van der Waals surface area contributed by atoms with Gasteiger partial charge in [0.2, 0.25) is 5.91 Å². The number of rotatable bonds is 8. The van der Waals surface area contributed by atoms with Gasteiger partial charge in [0.25, 0.3) is 0 Å². The van der Waals surface area contributed by atoms with Gasteiger partial charge in [-0.2, -0.15) is 0 Å². The Kier molecular flexibility index (Phi) is 7.18. The molecule has 3 N–H and O–H groups in total. The molecule has 2 aromatic carbocycles. The zero-order valence-corrected chi connectivity index (χ0v) is 18.8. The molecular formula is C25H30N2O5. The molecule has 0 aromatic heterocycles. The van der Waals surface area contributed by atoms with Crippen LogP contribution in [-0.4, -0.2) is 41.8 Å². The third kappa shape index (κ3) is 4.93. The number of alkyl carbamates (subject to hydrolysis) is 1. The normalized spacial score (nSPS) is 14.4. The first-order valence-electron chi connectivity index (χ1n) is 10.8. The number of ether oxygens (including phenoxy) is 1. The summed E-state index contributed by atoms with van der Waals surface area (Å²) < 4.78 is 5.52. The first-order valence-corrected chi connectivity index (χ1v) is 10.8. The zero-order valence-electron chi connectivity index (χ0n) is 18.8. The second-order valence-corrected chi connectivity index (χ2v) is 8.76. The Hall–Kier alpha value is -3.35. The summed E-state index contributed by atoms with van der Waals surface area (Å²) in [4.78, 5) is 36.7. The number of carboxylic acids is 1. The van der Waals surface area contributed by atoms with Crippen LogP contribution in [0.1, 0.15) is 44.7 Å². The number of nitrogens with one attached hydrogen (secondary N) is 2. The second-order valence-electron chi connectivity index (χ2n) is 8.76. The maximum atomic E-state index is 12.7. The highest BCUT2D eigenvalue weighted by Crippen LogP contribution is 2.44. The fraction of sp³-hybridized carbons (Fsp3) is 0.400. The first kappa shape index (κ1) is 23.3. The van der Waals surface area contributed by atoms with Crippen LogP contribution in [0.4, 0.5) is 4.79 Å².